The number of ether oxygens (including phenoxy) is 2. The fourth-order valence-electron chi connectivity index (χ4n) is 1.61. The van der Waals surface area contributed by atoms with Crippen molar-refractivity contribution in [3.8, 4) is 17.6 Å². The van der Waals surface area contributed by atoms with Crippen LogP contribution >= 0.6 is 15.9 Å². The largest absolute Gasteiger partial charge is 0.493 e. The molecule has 0 saturated heterocycles. The van der Waals surface area contributed by atoms with Crippen molar-refractivity contribution in [2.75, 3.05) is 14.2 Å². The number of halogens is 1. The third kappa shape index (κ3) is 2.85. The van der Waals surface area contributed by atoms with Crippen LogP contribution in [0.3, 0.4) is 0 Å². The van der Waals surface area contributed by atoms with Crippen LogP contribution in [-0.4, -0.2) is 29.0 Å². The topological polar surface area (TPSA) is 73.0 Å². The molecule has 0 fully saturated rings. The van der Waals surface area contributed by atoms with Gasteiger partial charge in [-0.15, -0.1) is 5.10 Å². The van der Waals surface area contributed by atoms with E-state index in [1.54, 1.807) is 18.9 Å². The fraction of sp³-hybridized carbons (Fsp3) is 0.250. The highest BCUT2D eigenvalue weighted by atomic mass is 79.9. The average Bonchev–Trinajstić information content (AvgIpc) is 2.88. The van der Waals surface area contributed by atoms with Crippen LogP contribution < -0.4 is 9.47 Å². The van der Waals surface area contributed by atoms with Gasteiger partial charge in [0.15, 0.2) is 11.5 Å². The molecule has 0 aliphatic carbocycles. The number of rotatable bonds is 4. The molecule has 0 unspecified atom stereocenters. The summed E-state index contributed by atoms with van der Waals surface area (Å²) in [6.07, 6.45) is 1.52. The van der Waals surface area contributed by atoms with E-state index in [2.05, 4.69) is 26.0 Å². The van der Waals surface area contributed by atoms with Gasteiger partial charge in [-0.25, -0.2) is 9.67 Å². The predicted molar refractivity (Wildman–Crippen MR) is 71.1 cm³/mol. The van der Waals surface area contributed by atoms with Crippen LogP contribution in [-0.2, 0) is 6.54 Å². The maximum atomic E-state index is 8.69. The molecule has 0 atom stereocenters. The molecule has 0 bridgehead atoms. The van der Waals surface area contributed by atoms with Crippen molar-refractivity contribution in [1.82, 2.24) is 14.8 Å². The maximum absolute atomic E-state index is 8.69. The lowest BCUT2D eigenvalue weighted by Gasteiger charge is -2.11. The van der Waals surface area contributed by atoms with Gasteiger partial charge in [0, 0.05) is 4.47 Å². The Morgan fingerprint density at radius 3 is 2.58 bits per heavy atom. The SMILES string of the molecule is COc1cc(Br)c(Cn2cnc(C#N)n2)cc1OC. The van der Waals surface area contributed by atoms with Gasteiger partial charge in [0.05, 0.1) is 20.8 Å². The van der Waals surface area contributed by atoms with Crippen LogP contribution in [0.25, 0.3) is 0 Å². The number of methoxy groups -OCH3 is 2. The number of aromatic nitrogens is 3. The zero-order chi connectivity index (χ0) is 13.8. The van der Waals surface area contributed by atoms with E-state index < -0.39 is 0 Å². The first-order chi connectivity index (χ1) is 9.17. The smallest absolute Gasteiger partial charge is 0.252 e. The average molecular weight is 323 g/mol. The van der Waals surface area contributed by atoms with Gasteiger partial charge in [-0.05, 0) is 17.7 Å². The predicted octanol–water partition coefficient (Wildman–Crippen LogP) is 1.98. The Balaban J connectivity index is 2.32. The summed E-state index contributed by atoms with van der Waals surface area (Å²) in [5.41, 5.74) is 0.951. The van der Waals surface area contributed by atoms with Crippen molar-refractivity contribution in [3.05, 3.63) is 34.3 Å². The Labute approximate surface area is 118 Å². The molecule has 2 aromatic rings. The van der Waals surface area contributed by atoms with Crippen LogP contribution in [0.4, 0.5) is 0 Å². The Bertz CT molecular complexity index is 633. The van der Waals surface area contributed by atoms with Gasteiger partial charge in [0.1, 0.15) is 12.4 Å². The first kappa shape index (κ1) is 13.4. The van der Waals surface area contributed by atoms with E-state index in [4.69, 9.17) is 14.7 Å². The van der Waals surface area contributed by atoms with Gasteiger partial charge in [-0.2, -0.15) is 5.26 Å². The van der Waals surface area contributed by atoms with Gasteiger partial charge in [-0.3, -0.25) is 0 Å². The van der Waals surface area contributed by atoms with E-state index in [1.165, 1.54) is 6.33 Å². The van der Waals surface area contributed by atoms with Crippen molar-refractivity contribution in [1.29, 1.82) is 5.26 Å². The third-order valence-corrected chi connectivity index (χ3v) is 3.26. The lowest BCUT2D eigenvalue weighted by Crippen LogP contribution is -2.02. The van der Waals surface area contributed by atoms with E-state index in [9.17, 15) is 0 Å². The van der Waals surface area contributed by atoms with Crippen molar-refractivity contribution < 1.29 is 9.47 Å². The summed E-state index contributed by atoms with van der Waals surface area (Å²) >= 11 is 3.47. The van der Waals surface area contributed by atoms with Gasteiger partial charge < -0.3 is 9.47 Å². The summed E-state index contributed by atoms with van der Waals surface area (Å²) in [5, 5.41) is 12.7. The molecule has 0 amide bonds. The minimum absolute atomic E-state index is 0.150. The first-order valence-corrected chi connectivity index (χ1v) is 6.17. The molecule has 7 heteroatoms. The second kappa shape index (κ2) is 5.71. The number of hydrogen-bond acceptors (Lipinski definition) is 5. The highest BCUT2D eigenvalue weighted by Crippen LogP contribution is 2.33. The molecular formula is C12H11BrN4O2. The Kier molecular flexibility index (Phi) is 4.02. The minimum atomic E-state index is 0.150. The quantitative estimate of drug-likeness (QED) is 0.860. The molecule has 0 radical (unpaired) electrons. The van der Waals surface area contributed by atoms with Crippen LogP contribution in [0.15, 0.2) is 22.9 Å². The van der Waals surface area contributed by atoms with Crippen LogP contribution in [0.1, 0.15) is 11.4 Å². The molecule has 0 aliphatic rings. The molecule has 0 spiro atoms. The highest BCUT2D eigenvalue weighted by Gasteiger charge is 2.10. The second-order valence-electron chi connectivity index (χ2n) is 3.68. The Morgan fingerprint density at radius 1 is 1.32 bits per heavy atom. The lowest BCUT2D eigenvalue weighted by atomic mass is 10.2. The monoisotopic (exact) mass is 322 g/mol. The number of nitrogens with zero attached hydrogens (tertiary/aromatic N) is 4. The van der Waals surface area contributed by atoms with Crippen LogP contribution in [0.5, 0.6) is 11.5 Å². The molecule has 6 nitrogen and oxygen atoms in total. The molecular weight excluding hydrogens is 312 g/mol. The summed E-state index contributed by atoms with van der Waals surface area (Å²) in [7, 11) is 3.17. The molecule has 2 rings (SSSR count). The minimum Gasteiger partial charge on any atom is -0.493 e. The number of nitriles is 1. The van der Waals surface area contributed by atoms with Crippen molar-refractivity contribution >= 4 is 15.9 Å². The summed E-state index contributed by atoms with van der Waals surface area (Å²) < 4.78 is 12.9. The maximum Gasteiger partial charge on any atom is 0.252 e. The normalized spacial score (nSPS) is 10.0. The van der Waals surface area contributed by atoms with Crippen molar-refractivity contribution in [2.24, 2.45) is 0 Å². The molecule has 0 N–H and O–H groups in total. The summed E-state index contributed by atoms with van der Waals surface area (Å²) in [6.45, 7) is 0.482. The van der Waals surface area contributed by atoms with E-state index in [1.807, 2.05) is 18.2 Å². The zero-order valence-corrected chi connectivity index (χ0v) is 12.0. The Morgan fingerprint density at radius 2 is 2.00 bits per heavy atom. The molecule has 0 aliphatic heterocycles. The molecule has 0 saturated carbocycles. The highest BCUT2D eigenvalue weighted by molar-refractivity contribution is 9.10. The third-order valence-electron chi connectivity index (χ3n) is 2.52. The van der Waals surface area contributed by atoms with Gasteiger partial charge >= 0.3 is 0 Å². The van der Waals surface area contributed by atoms with Gasteiger partial charge in [0.2, 0.25) is 0 Å². The molecule has 19 heavy (non-hydrogen) atoms. The molecule has 98 valence electrons. The van der Waals surface area contributed by atoms with E-state index >= 15 is 0 Å². The zero-order valence-electron chi connectivity index (χ0n) is 10.4. The van der Waals surface area contributed by atoms with E-state index in [0.717, 1.165) is 10.0 Å². The van der Waals surface area contributed by atoms with Crippen LogP contribution in [0, 0.1) is 11.3 Å². The summed E-state index contributed by atoms with van der Waals surface area (Å²) in [5.74, 6) is 1.44. The standard InChI is InChI=1S/C12H11BrN4O2/c1-18-10-3-8(9(13)4-11(10)19-2)6-17-7-15-12(5-14)16-17/h3-4,7H,6H2,1-2H3. The van der Waals surface area contributed by atoms with E-state index in [-0.39, 0.29) is 5.82 Å². The summed E-state index contributed by atoms with van der Waals surface area (Å²) in [4.78, 5) is 3.86. The number of benzene rings is 1. The first-order valence-electron chi connectivity index (χ1n) is 5.38. The van der Waals surface area contributed by atoms with Crippen molar-refractivity contribution in [2.45, 2.75) is 6.54 Å². The molecule has 1 heterocycles. The number of hydrogen-bond donors (Lipinski definition) is 0. The van der Waals surface area contributed by atoms with Crippen molar-refractivity contribution in [3.63, 3.8) is 0 Å². The summed E-state index contributed by atoms with van der Waals surface area (Å²) in [6, 6.07) is 5.58. The Hall–Kier alpha value is -2.07. The van der Waals surface area contributed by atoms with Gasteiger partial charge in [-0.1, -0.05) is 15.9 Å². The fourth-order valence-corrected chi connectivity index (χ4v) is 2.06. The van der Waals surface area contributed by atoms with Gasteiger partial charge in [0.25, 0.3) is 5.82 Å². The molecule has 1 aromatic heterocycles. The molecule has 1 aromatic carbocycles. The van der Waals surface area contributed by atoms with E-state index in [0.29, 0.717) is 18.0 Å². The second-order valence-corrected chi connectivity index (χ2v) is 4.53. The lowest BCUT2D eigenvalue weighted by molar-refractivity contribution is 0.354. The van der Waals surface area contributed by atoms with Crippen LogP contribution in [0.2, 0.25) is 0 Å².